The molecule has 0 atom stereocenters. The molecule has 0 unspecified atom stereocenters. The van der Waals surface area contributed by atoms with Crippen LogP contribution in [0.2, 0.25) is 0 Å². The van der Waals surface area contributed by atoms with Gasteiger partial charge in [0.05, 0.1) is 5.75 Å². The molecule has 146 valence electrons. The lowest BCUT2D eigenvalue weighted by Crippen LogP contribution is -2.16. The second kappa shape index (κ2) is 8.93. The number of aryl methyl sites for hydroxylation is 2. The maximum Gasteiger partial charge on any atom is 0.234 e. The Bertz CT molecular complexity index is 967. The number of nitrogens with zero attached hydrogens (tertiary/aromatic N) is 3. The van der Waals surface area contributed by atoms with Gasteiger partial charge in [-0.25, -0.2) is 0 Å². The van der Waals surface area contributed by atoms with Crippen molar-refractivity contribution in [3.8, 4) is 17.1 Å². The maximum absolute atomic E-state index is 12.5. The Morgan fingerprint density at radius 2 is 1.89 bits per heavy atom. The van der Waals surface area contributed by atoms with Crippen LogP contribution < -0.4 is 5.32 Å². The normalized spacial score (nSPS) is 10.8. The van der Waals surface area contributed by atoms with Crippen LogP contribution >= 0.6 is 11.8 Å². The first-order valence-corrected chi connectivity index (χ1v) is 10.3. The molecule has 0 aliphatic carbocycles. The minimum absolute atomic E-state index is 0.0640. The van der Waals surface area contributed by atoms with E-state index in [0.29, 0.717) is 11.7 Å². The van der Waals surface area contributed by atoms with E-state index < -0.39 is 0 Å². The number of carbonyl (C=O) groups is 1. The number of hydrogen-bond acceptors (Lipinski definition) is 5. The van der Waals surface area contributed by atoms with Gasteiger partial charge in [-0.05, 0) is 55.7 Å². The molecular weight excluding hydrogens is 372 g/mol. The Morgan fingerprint density at radius 1 is 1.14 bits per heavy atom. The number of phenols is 1. The van der Waals surface area contributed by atoms with E-state index in [1.165, 1.54) is 11.8 Å². The maximum atomic E-state index is 12.5. The van der Waals surface area contributed by atoms with E-state index in [1.54, 1.807) is 24.3 Å². The number of aromatic hydroxyl groups is 1. The first kappa shape index (κ1) is 19.9. The van der Waals surface area contributed by atoms with Crippen LogP contribution in [0.15, 0.2) is 47.6 Å². The molecule has 2 N–H and O–H groups in total. The minimum atomic E-state index is -0.0640. The average molecular weight is 397 g/mol. The number of aromatic nitrogens is 3. The number of para-hydroxylation sites is 1. The second-order valence-corrected chi connectivity index (χ2v) is 7.34. The van der Waals surface area contributed by atoms with Gasteiger partial charge in [0, 0.05) is 17.8 Å². The summed E-state index contributed by atoms with van der Waals surface area (Å²) in [5.41, 5.74) is 3.96. The molecule has 0 aliphatic heterocycles. The van der Waals surface area contributed by atoms with Crippen LogP contribution in [0.3, 0.4) is 0 Å². The van der Waals surface area contributed by atoms with Gasteiger partial charge < -0.3 is 15.0 Å². The summed E-state index contributed by atoms with van der Waals surface area (Å²) in [6, 6.07) is 12.9. The fourth-order valence-electron chi connectivity index (χ4n) is 3.01. The van der Waals surface area contributed by atoms with E-state index in [4.69, 9.17) is 0 Å². The van der Waals surface area contributed by atoms with Gasteiger partial charge in [-0.2, -0.15) is 0 Å². The third kappa shape index (κ3) is 4.36. The lowest BCUT2D eigenvalue weighted by Gasteiger charge is -2.13. The lowest BCUT2D eigenvalue weighted by atomic mass is 10.1. The first-order valence-electron chi connectivity index (χ1n) is 9.27. The van der Waals surface area contributed by atoms with Crippen molar-refractivity contribution in [3.05, 3.63) is 53.6 Å². The third-order valence-corrected chi connectivity index (χ3v) is 5.46. The monoisotopic (exact) mass is 396 g/mol. The molecule has 0 saturated carbocycles. The van der Waals surface area contributed by atoms with E-state index in [0.717, 1.165) is 34.6 Å². The molecule has 0 bridgehead atoms. The van der Waals surface area contributed by atoms with E-state index >= 15 is 0 Å². The van der Waals surface area contributed by atoms with Crippen LogP contribution in [0.1, 0.15) is 25.0 Å². The molecular formula is C21H24N4O2S. The summed E-state index contributed by atoms with van der Waals surface area (Å²) < 4.78 is 1.97. The zero-order valence-electron chi connectivity index (χ0n) is 16.3. The summed E-state index contributed by atoms with van der Waals surface area (Å²) in [6.45, 7) is 6.77. The fraction of sp³-hybridized carbons (Fsp3) is 0.286. The molecule has 6 nitrogen and oxygen atoms in total. The van der Waals surface area contributed by atoms with Crippen LogP contribution in [0.5, 0.6) is 5.75 Å². The number of thioether (sulfide) groups is 1. The number of rotatable bonds is 7. The van der Waals surface area contributed by atoms with Crippen molar-refractivity contribution in [2.24, 2.45) is 0 Å². The molecule has 1 heterocycles. The zero-order chi connectivity index (χ0) is 20.1. The van der Waals surface area contributed by atoms with Gasteiger partial charge in [-0.3, -0.25) is 4.79 Å². The van der Waals surface area contributed by atoms with Crippen LogP contribution in [0, 0.1) is 6.92 Å². The number of carbonyl (C=O) groups excluding carboxylic acids is 1. The summed E-state index contributed by atoms with van der Waals surface area (Å²) in [5, 5.41) is 21.7. The third-order valence-electron chi connectivity index (χ3n) is 4.50. The predicted molar refractivity (Wildman–Crippen MR) is 113 cm³/mol. The number of nitrogens with one attached hydrogen (secondary N) is 1. The molecule has 7 heteroatoms. The average Bonchev–Trinajstić information content (AvgIpc) is 3.11. The van der Waals surface area contributed by atoms with Crippen LogP contribution in [-0.4, -0.2) is 31.5 Å². The van der Waals surface area contributed by atoms with Crippen molar-refractivity contribution in [2.45, 2.75) is 38.9 Å². The highest BCUT2D eigenvalue weighted by Gasteiger charge is 2.15. The largest absolute Gasteiger partial charge is 0.508 e. The highest BCUT2D eigenvalue weighted by atomic mass is 32.2. The SMILES string of the molecule is CCc1cccc(C)c1NC(=O)CSc1nnc(-c2ccc(O)cc2)n1CC. The van der Waals surface area contributed by atoms with Crippen molar-refractivity contribution < 1.29 is 9.90 Å². The van der Waals surface area contributed by atoms with Crippen LogP contribution in [-0.2, 0) is 17.8 Å². The van der Waals surface area contributed by atoms with Gasteiger partial charge in [-0.1, -0.05) is 36.9 Å². The van der Waals surface area contributed by atoms with E-state index in [-0.39, 0.29) is 17.4 Å². The van der Waals surface area contributed by atoms with E-state index in [9.17, 15) is 9.90 Å². The molecule has 0 spiro atoms. The lowest BCUT2D eigenvalue weighted by molar-refractivity contribution is -0.113. The molecule has 1 amide bonds. The van der Waals surface area contributed by atoms with Crippen LogP contribution in [0.4, 0.5) is 5.69 Å². The molecule has 0 fully saturated rings. The Hall–Kier alpha value is -2.80. The van der Waals surface area contributed by atoms with Gasteiger partial charge in [0.15, 0.2) is 11.0 Å². The van der Waals surface area contributed by atoms with Gasteiger partial charge in [0.1, 0.15) is 5.75 Å². The Morgan fingerprint density at radius 3 is 2.57 bits per heavy atom. The van der Waals surface area contributed by atoms with Gasteiger partial charge >= 0.3 is 0 Å². The standard InChI is InChI=1S/C21H24N4O2S/c1-4-15-8-6-7-14(3)19(15)22-18(27)13-28-21-24-23-20(25(21)5-2)16-9-11-17(26)12-10-16/h6-12,26H,4-5,13H2,1-3H3,(H,22,27). The van der Waals surface area contributed by atoms with Gasteiger partial charge in [0.25, 0.3) is 0 Å². The minimum Gasteiger partial charge on any atom is -0.508 e. The molecule has 0 aliphatic rings. The predicted octanol–water partition coefficient (Wildman–Crippen LogP) is 4.27. The Labute approximate surface area is 169 Å². The molecule has 2 aromatic carbocycles. The number of anilines is 1. The highest BCUT2D eigenvalue weighted by molar-refractivity contribution is 7.99. The number of hydrogen-bond donors (Lipinski definition) is 2. The molecule has 3 rings (SSSR count). The molecule has 28 heavy (non-hydrogen) atoms. The van der Waals surface area contributed by atoms with Gasteiger partial charge in [-0.15, -0.1) is 10.2 Å². The van der Waals surface area contributed by atoms with Crippen molar-refractivity contribution in [3.63, 3.8) is 0 Å². The van der Waals surface area contributed by atoms with E-state index in [2.05, 4.69) is 22.4 Å². The smallest absolute Gasteiger partial charge is 0.234 e. The van der Waals surface area contributed by atoms with Crippen molar-refractivity contribution in [1.82, 2.24) is 14.8 Å². The first-order chi connectivity index (χ1) is 13.5. The van der Waals surface area contributed by atoms with Gasteiger partial charge in [0.2, 0.25) is 5.91 Å². The summed E-state index contributed by atoms with van der Waals surface area (Å²) in [6.07, 6.45) is 0.866. The van der Waals surface area contributed by atoms with Crippen molar-refractivity contribution in [1.29, 1.82) is 0 Å². The second-order valence-electron chi connectivity index (χ2n) is 6.40. The number of phenolic OH excluding ortho intramolecular Hbond substituents is 1. The Kier molecular flexibility index (Phi) is 6.36. The Balaban J connectivity index is 1.71. The summed E-state index contributed by atoms with van der Waals surface area (Å²) in [7, 11) is 0. The topological polar surface area (TPSA) is 80.0 Å². The molecule has 0 saturated heterocycles. The summed E-state index contributed by atoms with van der Waals surface area (Å²) in [5.74, 6) is 1.12. The van der Waals surface area contributed by atoms with E-state index in [1.807, 2.05) is 36.6 Å². The number of amides is 1. The van der Waals surface area contributed by atoms with Crippen molar-refractivity contribution in [2.75, 3.05) is 11.1 Å². The molecule has 1 aromatic heterocycles. The van der Waals surface area contributed by atoms with Crippen LogP contribution in [0.25, 0.3) is 11.4 Å². The summed E-state index contributed by atoms with van der Waals surface area (Å²) in [4.78, 5) is 12.5. The number of benzene rings is 2. The summed E-state index contributed by atoms with van der Waals surface area (Å²) >= 11 is 1.36. The highest BCUT2D eigenvalue weighted by Crippen LogP contribution is 2.26. The zero-order valence-corrected chi connectivity index (χ0v) is 17.1. The quantitative estimate of drug-likeness (QED) is 0.583. The molecule has 3 aromatic rings. The fourth-order valence-corrected chi connectivity index (χ4v) is 3.81. The molecule has 0 radical (unpaired) electrons. The van der Waals surface area contributed by atoms with Crippen molar-refractivity contribution >= 4 is 23.4 Å².